The summed E-state index contributed by atoms with van der Waals surface area (Å²) in [5.41, 5.74) is 2.20. The van der Waals surface area contributed by atoms with Crippen molar-refractivity contribution in [2.24, 2.45) is 5.92 Å². The molecule has 2 N–H and O–H groups in total. The van der Waals surface area contributed by atoms with Crippen LogP contribution in [0.5, 0.6) is 0 Å². The molecule has 1 atom stereocenters. The van der Waals surface area contributed by atoms with Crippen LogP contribution in [0.25, 0.3) is 5.65 Å². The van der Waals surface area contributed by atoms with Gasteiger partial charge in [0.2, 0.25) is 5.82 Å². The maximum absolute atomic E-state index is 11.6. The van der Waals surface area contributed by atoms with Crippen LogP contribution in [0.3, 0.4) is 0 Å². The lowest BCUT2D eigenvalue weighted by Gasteiger charge is -2.19. The number of pyridine rings is 1. The number of carbonyl (C=O) groups excluding carboxylic acids is 1. The summed E-state index contributed by atoms with van der Waals surface area (Å²) < 4.78 is 1.58. The highest BCUT2D eigenvalue weighted by Gasteiger charge is 2.21. The van der Waals surface area contributed by atoms with Crippen LogP contribution in [0.2, 0.25) is 0 Å². The van der Waals surface area contributed by atoms with Crippen molar-refractivity contribution in [3.8, 4) is 0 Å². The Morgan fingerprint density at radius 1 is 1.26 bits per heavy atom. The Morgan fingerprint density at radius 3 is 2.44 bits per heavy atom. The third-order valence-electron chi connectivity index (χ3n) is 4.55. The van der Waals surface area contributed by atoms with E-state index in [1.165, 1.54) is 7.05 Å². The summed E-state index contributed by atoms with van der Waals surface area (Å²) in [5.74, 6) is 0.438. The van der Waals surface area contributed by atoms with Crippen LogP contribution in [-0.4, -0.2) is 45.7 Å². The average molecular weight is 367 g/mol. The fourth-order valence-corrected chi connectivity index (χ4v) is 3.09. The molecule has 3 heterocycles. The predicted octanol–water partition coefficient (Wildman–Crippen LogP) is 2.11. The molecule has 1 aliphatic heterocycles. The van der Waals surface area contributed by atoms with E-state index >= 15 is 0 Å². The van der Waals surface area contributed by atoms with Gasteiger partial charge in [-0.15, -0.1) is 5.10 Å². The van der Waals surface area contributed by atoms with Crippen LogP contribution in [0, 0.1) is 5.92 Å². The highest BCUT2D eigenvalue weighted by atomic mass is 16.3. The molecule has 0 spiro atoms. The number of amides is 1. The summed E-state index contributed by atoms with van der Waals surface area (Å²) in [5, 5.41) is 16.3. The van der Waals surface area contributed by atoms with Crippen molar-refractivity contribution in [3.05, 3.63) is 60.0 Å². The number of aliphatic hydroxyl groups is 1. The number of benzene rings is 1. The number of fused-ring (bicyclic) bond motifs is 1. The SMILES string of the molecule is CNC(=O)c1nc2c(CO)cc(N3CCC(C)C3)cn2n1.c1ccccc1. The van der Waals surface area contributed by atoms with E-state index in [1.54, 1.807) is 4.52 Å². The molecule has 2 aromatic heterocycles. The zero-order valence-electron chi connectivity index (χ0n) is 15.7. The average Bonchev–Trinajstić information content (AvgIpc) is 3.34. The number of aromatic nitrogens is 3. The number of rotatable bonds is 3. The monoisotopic (exact) mass is 367 g/mol. The van der Waals surface area contributed by atoms with Gasteiger partial charge in [-0.2, -0.15) is 0 Å². The summed E-state index contributed by atoms with van der Waals surface area (Å²) in [7, 11) is 1.54. The fourth-order valence-electron chi connectivity index (χ4n) is 3.09. The zero-order valence-corrected chi connectivity index (χ0v) is 15.7. The van der Waals surface area contributed by atoms with Crippen molar-refractivity contribution < 1.29 is 9.90 Å². The molecule has 142 valence electrons. The minimum atomic E-state index is -0.334. The molecular formula is C20H25N5O2. The van der Waals surface area contributed by atoms with Gasteiger partial charge < -0.3 is 15.3 Å². The largest absolute Gasteiger partial charge is 0.392 e. The second-order valence-electron chi connectivity index (χ2n) is 6.66. The summed E-state index contributed by atoms with van der Waals surface area (Å²) in [6.07, 6.45) is 3.03. The van der Waals surface area contributed by atoms with Crippen molar-refractivity contribution in [2.45, 2.75) is 20.0 Å². The Hall–Kier alpha value is -2.93. The van der Waals surface area contributed by atoms with Crippen molar-refractivity contribution in [3.63, 3.8) is 0 Å². The Morgan fingerprint density at radius 2 is 1.93 bits per heavy atom. The van der Waals surface area contributed by atoms with E-state index in [9.17, 15) is 9.90 Å². The summed E-state index contributed by atoms with van der Waals surface area (Å²) in [6.45, 7) is 4.08. The van der Waals surface area contributed by atoms with E-state index in [2.05, 4.69) is 27.2 Å². The molecular weight excluding hydrogens is 342 g/mol. The van der Waals surface area contributed by atoms with Crippen LogP contribution in [0.1, 0.15) is 29.5 Å². The van der Waals surface area contributed by atoms with Gasteiger partial charge in [-0.25, -0.2) is 9.50 Å². The normalized spacial score (nSPS) is 16.1. The van der Waals surface area contributed by atoms with Gasteiger partial charge in [0.05, 0.1) is 18.5 Å². The van der Waals surface area contributed by atoms with Gasteiger partial charge in [0, 0.05) is 25.7 Å². The highest BCUT2D eigenvalue weighted by Crippen LogP contribution is 2.25. The molecule has 1 amide bonds. The lowest BCUT2D eigenvalue weighted by Crippen LogP contribution is -2.20. The highest BCUT2D eigenvalue weighted by molar-refractivity contribution is 5.90. The molecule has 0 saturated carbocycles. The molecule has 0 radical (unpaired) electrons. The molecule has 1 unspecified atom stereocenters. The standard InChI is InChI=1S/C14H19N5O2.C6H6/c1-9-3-4-18(6-9)11-5-10(8-20)13-16-12(14(21)15-2)17-19(13)7-11;1-2-4-6-5-3-1/h5,7,9,20H,3-4,6,8H2,1-2H3,(H,15,21);1-6H. The number of hydrogen-bond donors (Lipinski definition) is 2. The molecule has 27 heavy (non-hydrogen) atoms. The lowest BCUT2D eigenvalue weighted by atomic mass is 10.2. The summed E-state index contributed by atoms with van der Waals surface area (Å²) in [6, 6.07) is 13.9. The molecule has 0 bridgehead atoms. The number of nitrogens with one attached hydrogen (secondary N) is 1. The topological polar surface area (TPSA) is 82.8 Å². The second-order valence-corrected chi connectivity index (χ2v) is 6.66. The van der Waals surface area contributed by atoms with Gasteiger partial charge >= 0.3 is 0 Å². The Balaban J connectivity index is 0.000000299. The molecule has 3 aromatic rings. The van der Waals surface area contributed by atoms with Crippen molar-refractivity contribution in [2.75, 3.05) is 25.0 Å². The minimum absolute atomic E-state index is 0.110. The van der Waals surface area contributed by atoms with E-state index in [0.717, 1.165) is 25.2 Å². The molecule has 1 saturated heterocycles. The summed E-state index contributed by atoms with van der Waals surface area (Å²) in [4.78, 5) is 18.1. The second kappa shape index (κ2) is 8.64. The van der Waals surface area contributed by atoms with Crippen molar-refractivity contribution >= 4 is 17.2 Å². The quantitative estimate of drug-likeness (QED) is 0.741. The Bertz CT molecular complexity index is 867. The number of nitrogens with zero attached hydrogens (tertiary/aromatic N) is 4. The van der Waals surface area contributed by atoms with Gasteiger partial charge in [-0.05, 0) is 18.4 Å². The number of anilines is 1. The maximum atomic E-state index is 11.6. The van der Waals surface area contributed by atoms with Crippen LogP contribution >= 0.6 is 0 Å². The number of aliphatic hydroxyl groups excluding tert-OH is 1. The van der Waals surface area contributed by atoms with Crippen LogP contribution in [-0.2, 0) is 6.61 Å². The van der Waals surface area contributed by atoms with Gasteiger partial charge in [-0.1, -0.05) is 43.3 Å². The first-order chi connectivity index (χ1) is 13.1. The Kier molecular flexibility index (Phi) is 6.03. The van der Waals surface area contributed by atoms with Crippen molar-refractivity contribution in [1.29, 1.82) is 0 Å². The van der Waals surface area contributed by atoms with Crippen LogP contribution in [0.4, 0.5) is 5.69 Å². The van der Waals surface area contributed by atoms with Gasteiger partial charge in [0.1, 0.15) is 0 Å². The summed E-state index contributed by atoms with van der Waals surface area (Å²) >= 11 is 0. The third-order valence-corrected chi connectivity index (χ3v) is 4.55. The third kappa shape index (κ3) is 4.43. The maximum Gasteiger partial charge on any atom is 0.290 e. The van der Waals surface area contributed by atoms with E-state index in [1.807, 2.05) is 48.7 Å². The predicted molar refractivity (Wildman–Crippen MR) is 105 cm³/mol. The first kappa shape index (κ1) is 18.8. The first-order valence-corrected chi connectivity index (χ1v) is 9.09. The van der Waals surface area contributed by atoms with Gasteiger partial charge in [0.25, 0.3) is 5.91 Å². The molecule has 4 rings (SSSR count). The Labute approximate surface area is 158 Å². The van der Waals surface area contributed by atoms with Gasteiger partial charge in [-0.3, -0.25) is 4.79 Å². The van der Waals surface area contributed by atoms with E-state index in [-0.39, 0.29) is 18.3 Å². The first-order valence-electron chi connectivity index (χ1n) is 9.09. The molecule has 1 aliphatic rings. The van der Waals surface area contributed by atoms with E-state index < -0.39 is 0 Å². The molecule has 7 heteroatoms. The van der Waals surface area contributed by atoms with Crippen LogP contribution < -0.4 is 10.2 Å². The smallest absolute Gasteiger partial charge is 0.290 e. The number of carbonyl (C=O) groups is 1. The molecule has 7 nitrogen and oxygen atoms in total. The van der Waals surface area contributed by atoms with Crippen molar-refractivity contribution in [1.82, 2.24) is 19.9 Å². The zero-order chi connectivity index (χ0) is 19.2. The van der Waals surface area contributed by atoms with E-state index in [4.69, 9.17) is 0 Å². The van der Waals surface area contributed by atoms with Crippen LogP contribution in [0.15, 0.2) is 48.7 Å². The molecule has 0 aliphatic carbocycles. The lowest BCUT2D eigenvalue weighted by molar-refractivity contribution is 0.0953. The fraction of sp³-hybridized carbons (Fsp3) is 0.350. The van der Waals surface area contributed by atoms with Gasteiger partial charge in [0.15, 0.2) is 5.65 Å². The molecule has 1 aromatic carbocycles. The molecule has 1 fully saturated rings. The number of hydrogen-bond acceptors (Lipinski definition) is 5. The van der Waals surface area contributed by atoms with E-state index in [0.29, 0.717) is 17.1 Å². The minimum Gasteiger partial charge on any atom is -0.392 e.